The van der Waals surface area contributed by atoms with Gasteiger partial charge in [0.15, 0.2) is 0 Å². The molecule has 0 aliphatic heterocycles. The molecule has 4 heteroatoms. The topological polar surface area (TPSA) is 45.0 Å². The second-order valence-electron chi connectivity index (χ2n) is 5.52. The minimum absolute atomic E-state index is 0.284. The molecule has 1 aromatic carbocycles. The number of nitrogens with zero attached hydrogens (tertiary/aromatic N) is 1. The van der Waals surface area contributed by atoms with Crippen LogP contribution in [0, 0.1) is 22.6 Å². The van der Waals surface area contributed by atoms with Crippen LogP contribution < -0.4 is 10.1 Å². The third-order valence-electron chi connectivity index (χ3n) is 3.03. The number of benzene rings is 1. The lowest BCUT2D eigenvalue weighted by Crippen LogP contribution is -2.12. The average molecular weight is 278 g/mol. The van der Waals surface area contributed by atoms with Gasteiger partial charge in [-0.3, -0.25) is 0 Å². The van der Waals surface area contributed by atoms with Crippen LogP contribution in [0.5, 0.6) is 5.75 Å². The second-order valence-corrected chi connectivity index (χ2v) is 5.52. The lowest BCUT2D eigenvalue weighted by atomic mass is 9.90. The predicted octanol–water partition coefficient (Wildman–Crippen LogP) is 3.64. The molecular formula is C16H23FN2O. The van der Waals surface area contributed by atoms with Crippen LogP contribution in [0.25, 0.3) is 0 Å². The van der Waals surface area contributed by atoms with Crippen LogP contribution >= 0.6 is 0 Å². The van der Waals surface area contributed by atoms with Crippen LogP contribution in [0.2, 0.25) is 0 Å². The number of rotatable bonds is 8. The highest BCUT2D eigenvalue weighted by molar-refractivity contribution is 5.29. The summed E-state index contributed by atoms with van der Waals surface area (Å²) in [6.07, 6.45) is 1.54. The van der Waals surface area contributed by atoms with Crippen molar-refractivity contribution in [3.63, 3.8) is 0 Å². The van der Waals surface area contributed by atoms with Gasteiger partial charge in [-0.25, -0.2) is 4.39 Å². The van der Waals surface area contributed by atoms with Crippen molar-refractivity contribution in [2.24, 2.45) is 5.41 Å². The van der Waals surface area contributed by atoms with E-state index in [1.165, 1.54) is 12.1 Å². The van der Waals surface area contributed by atoms with E-state index < -0.39 is 0 Å². The highest BCUT2D eigenvalue weighted by Crippen LogP contribution is 2.21. The summed E-state index contributed by atoms with van der Waals surface area (Å²) in [7, 11) is 0. The van der Waals surface area contributed by atoms with Gasteiger partial charge in [-0.05, 0) is 50.9 Å². The molecule has 1 N–H and O–H groups in total. The third-order valence-corrected chi connectivity index (χ3v) is 3.03. The highest BCUT2D eigenvalue weighted by atomic mass is 19.1. The number of nitriles is 1. The Morgan fingerprint density at radius 2 is 2.10 bits per heavy atom. The van der Waals surface area contributed by atoms with Crippen LogP contribution in [-0.4, -0.2) is 13.2 Å². The van der Waals surface area contributed by atoms with E-state index in [1.54, 1.807) is 0 Å². The van der Waals surface area contributed by atoms with Gasteiger partial charge < -0.3 is 10.1 Å². The maximum absolute atomic E-state index is 13.5. The first-order chi connectivity index (χ1) is 9.46. The Labute approximate surface area is 120 Å². The van der Waals surface area contributed by atoms with Gasteiger partial charge in [0.25, 0.3) is 0 Å². The molecule has 0 spiro atoms. The zero-order chi connectivity index (χ0) is 15.0. The molecule has 0 unspecified atom stereocenters. The van der Waals surface area contributed by atoms with Crippen LogP contribution in [-0.2, 0) is 6.54 Å². The average Bonchev–Trinajstić information content (AvgIpc) is 2.41. The Kier molecular flexibility index (Phi) is 6.47. The summed E-state index contributed by atoms with van der Waals surface area (Å²) < 4.78 is 19.0. The van der Waals surface area contributed by atoms with Gasteiger partial charge >= 0.3 is 0 Å². The fourth-order valence-corrected chi connectivity index (χ4v) is 1.84. The molecule has 0 aliphatic carbocycles. The molecule has 0 atom stereocenters. The van der Waals surface area contributed by atoms with Crippen molar-refractivity contribution in [3.05, 3.63) is 29.6 Å². The van der Waals surface area contributed by atoms with Gasteiger partial charge in [0.05, 0.1) is 18.1 Å². The molecule has 0 aliphatic rings. The Bertz CT molecular complexity index is 466. The smallest absolute Gasteiger partial charge is 0.127 e. The molecule has 1 rings (SSSR count). The first kappa shape index (κ1) is 16.5. The molecule has 0 heterocycles. The number of ether oxygens (including phenoxy) is 1. The van der Waals surface area contributed by atoms with Gasteiger partial charge in [0, 0.05) is 12.6 Å². The second kappa shape index (κ2) is 7.86. The minimum Gasteiger partial charge on any atom is -0.493 e. The fraction of sp³-hybridized carbons (Fsp3) is 0.562. The largest absolute Gasteiger partial charge is 0.493 e. The number of hydrogen-bond donors (Lipinski definition) is 1. The van der Waals surface area contributed by atoms with Crippen molar-refractivity contribution in [2.75, 3.05) is 13.2 Å². The molecule has 1 aromatic rings. The lowest BCUT2D eigenvalue weighted by Gasteiger charge is -2.15. The molecular weight excluding hydrogens is 255 g/mol. The number of hydrogen-bond acceptors (Lipinski definition) is 3. The van der Waals surface area contributed by atoms with E-state index in [0.29, 0.717) is 18.9 Å². The monoisotopic (exact) mass is 278 g/mol. The molecule has 0 aromatic heterocycles. The van der Waals surface area contributed by atoms with Crippen molar-refractivity contribution < 1.29 is 9.13 Å². The maximum atomic E-state index is 13.5. The van der Waals surface area contributed by atoms with Crippen molar-refractivity contribution in [1.82, 2.24) is 5.32 Å². The Morgan fingerprint density at radius 3 is 2.75 bits per heavy atom. The molecule has 0 bridgehead atoms. The van der Waals surface area contributed by atoms with Gasteiger partial charge in [-0.1, -0.05) is 6.92 Å². The number of halogens is 1. The molecule has 110 valence electrons. The first-order valence-electron chi connectivity index (χ1n) is 7.01. The molecule has 0 fully saturated rings. The van der Waals surface area contributed by atoms with Gasteiger partial charge in [-0.15, -0.1) is 0 Å². The zero-order valence-corrected chi connectivity index (χ0v) is 12.5. The Balaban J connectivity index is 2.47. The fourth-order valence-electron chi connectivity index (χ4n) is 1.84. The van der Waals surface area contributed by atoms with E-state index in [0.717, 1.165) is 24.9 Å². The Morgan fingerprint density at radius 1 is 1.35 bits per heavy atom. The van der Waals surface area contributed by atoms with Gasteiger partial charge in [0.1, 0.15) is 11.6 Å². The SMILES string of the molecule is CCNCc1cc(F)cc(OCCCC(C)(C)C#N)c1. The molecule has 3 nitrogen and oxygen atoms in total. The third kappa shape index (κ3) is 6.03. The Hall–Kier alpha value is -1.60. The summed E-state index contributed by atoms with van der Waals surface area (Å²) in [5, 5.41) is 12.1. The molecule has 0 saturated carbocycles. The molecule has 0 radical (unpaired) electrons. The van der Waals surface area contributed by atoms with E-state index in [1.807, 2.05) is 26.8 Å². The zero-order valence-electron chi connectivity index (χ0n) is 12.5. The summed E-state index contributed by atoms with van der Waals surface area (Å²) in [4.78, 5) is 0. The van der Waals surface area contributed by atoms with Gasteiger partial charge in [-0.2, -0.15) is 5.26 Å². The standard InChI is InChI=1S/C16H23FN2O/c1-4-19-11-13-8-14(17)10-15(9-13)20-7-5-6-16(2,3)12-18/h8-10,19H,4-7,11H2,1-3H3. The summed E-state index contributed by atoms with van der Waals surface area (Å²) in [6.45, 7) is 7.79. The molecule has 20 heavy (non-hydrogen) atoms. The molecule has 0 amide bonds. The van der Waals surface area contributed by atoms with E-state index >= 15 is 0 Å². The molecule has 0 saturated heterocycles. The van der Waals surface area contributed by atoms with Crippen molar-refractivity contribution in [1.29, 1.82) is 5.26 Å². The van der Waals surface area contributed by atoms with E-state index in [4.69, 9.17) is 10.00 Å². The summed E-state index contributed by atoms with van der Waals surface area (Å²) >= 11 is 0. The summed E-state index contributed by atoms with van der Waals surface area (Å²) in [6, 6.07) is 7.01. The van der Waals surface area contributed by atoms with Crippen LogP contribution in [0.4, 0.5) is 4.39 Å². The first-order valence-corrected chi connectivity index (χ1v) is 7.01. The quantitative estimate of drug-likeness (QED) is 0.738. The van der Waals surface area contributed by atoms with E-state index in [9.17, 15) is 4.39 Å². The maximum Gasteiger partial charge on any atom is 0.127 e. The van der Waals surface area contributed by atoms with Crippen molar-refractivity contribution in [3.8, 4) is 11.8 Å². The minimum atomic E-state index is -0.332. The summed E-state index contributed by atoms with van der Waals surface area (Å²) in [5.74, 6) is 0.264. The number of nitrogens with one attached hydrogen (secondary N) is 1. The van der Waals surface area contributed by atoms with Crippen molar-refractivity contribution >= 4 is 0 Å². The summed E-state index contributed by atoms with van der Waals surface area (Å²) in [5.41, 5.74) is 0.542. The predicted molar refractivity (Wildman–Crippen MR) is 77.9 cm³/mol. The van der Waals surface area contributed by atoms with Crippen molar-refractivity contribution in [2.45, 2.75) is 40.2 Å². The highest BCUT2D eigenvalue weighted by Gasteiger charge is 2.15. The lowest BCUT2D eigenvalue weighted by molar-refractivity contribution is 0.283. The van der Waals surface area contributed by atoms with Gasteiger partial charge in [0.2, 0.25) is 0 Å². The van der Waals surface area contributed by atoms with Crippen LogP contribution in [0.15, 0.2) is 18.2 Å². The van der Waals surface area contributed by atoms with Crippen LogP contribution in [0.3, 0.4) is 0 Å². The van der Waals surface area contributed by atoms with E-state index in [2.05, 4.69) is 11.4 Å². The van der Waals surface area contributed by atoms with Crippen LogP contribution in [0.1, 0.15) is 39.2 Å². The van der Waals surface area contributed by atoms with E-state index in [-0.39, 0.29) is 11.2 Å². The normalized spacial score (nSPS) is 11.2.